The summed E-state index contributed by atoms with van der Waals surface area (Å²) in [6.07, 6.45) is 4.34. The third-order valence-corrected chi connectivity index (χ3v) is 12.0. The molecule has 0 aliphatic heterocycles. The molecular formula is C54H36N2O. The standard InChI is InChI=1S/C54H36N2O/c1-2-11-35(12-3-1)36-23-29-39(30-24-36)55(41-33-27-38(28-34-41)43-16-9-20-49-45-14-5-7-22-51(45)57-54(43)49)40-31-25-37(26-32-40)42-15-8-18-47-48-19-10-17-46-44-13-4-6-21-50(44)56(52(42)47)53(46)48/h1-8,10-19,21-34H,9,20H2. The van der Waals surface area contributed by atoms with Crippen LogP contribution < -0.4 is 4.90 Å². The molecule has 0 radical (unpaired) electrons. The quantitative estimate of drug-likeness (QED) is 0.170. The molecule has 0 atom stereocenters. The molecule has 3 aromatic heterocycles. The highest BCUT2D eigenvalue weighted by Crippen LogP contribution is 2.44. The number of rotatable bonds is 6. The lowest BCUT2D eigenvalue weighted by atomic mass is 9.91. The molecule has 3 nitrogen and oxygen atoms in total. The zero-order chi connectivity index (χ0) is 37.5. The number of benzene rings is 8. The Labute approximate surface area is 330 Å². The number of para-hydroxylation sites is 4. The number of hydrogen-bond donors (Lipinski definition) is 0. The van der Waals surface area contributed by atoms with Crippen LogP contribution in [0.1, 0.15) is 23.3 Å². The Morgan fingerprint density at radius 1 is 0.421 bits per heavy atom. The van der Waals surface area contributed by atoms with Gasteiger partial charge in [0.25, 0.3) is 0 Å². The Kier molecular flexibility index (Phi) is 7.05. The monoisotopic (exact) mass is 728 g/mol. The molecule has 3 heteroatoms. The lowest BCUT2D eigenvalue weighted by Crippen LogP contribution is -2.10. The first-order valence-electron chi connectivity index (χ1n) is 19.8. The van der Waals surface area contributed by atoms with Crippen molar-refractivity contribution in [3.05, 3.63) is 211 Å². The minimum Gasteiger partial charge on any atom is -0.456 e. The molecule has 0 amide bonds. The second-order valence-corrected chi connectivity index (χ2v) is 15.2. The molecule has 11 aromatic rings. The summed E-state index contributed by atoms with van der Waals surface area (Å²) in [7, 11) is 0. The summed E-state index contributed by atoms with van der Waals surface area (Å²) in [5.74, 6) is 1.00. The molecule has 0 spiro atoms. The van der Waals surface area contributed by atoms with Crippen molar-refractivity contribution in [1.82, 2.24) is 4.40 Å². The van der Waals surface area contributed by atoms with Gasteiger partial charge in [-0.1, -0.05) is 146 Å². The van der Waals surface area contributed by atoms with Gasteiger partial charge in [-0.15, -0.1) is 0 Å². The van der Waals surface area contributed by atoms with Gasteiger partial charge < -0.3 is 13.7 Å². The van der Waals surface area contributed by atoms with Gasteiger partial charge in [-0.2, -0.15) is 0 Å². The van der Waals surface area contributed by atoms with Crippen LogP contribution in [0.4, 0.5) is 17.1 Å². The number of furan rings is 1. The fourth-order valence-electron chi connectivity index (χ4n) is 9.43. The zero-order valence-electron chi connectivity index (χ0n) is 31.2. The van der Waals surface area contributed by atoms with Crippen molar-refractivity contribution in [2.75, 3.05) is 4.90 Å². The Morgan fingerprint density at radius 3 is 1.70 bits per heavy atom. The van der Waals surface area contributed by atoms with Crippen molar-refractivity contribution < 1.29 is 4.42 Å². The SMILES string of the molecule is C1=C(c2ccc(N(c3ccc(-c4ccccc4)cc3)c3ccc(-c4cccc5c6cccc7c8ccccc8n(c45)c76)cc3)cc2)c2oc3ccccc3c2CC1. The Morgan fingerprint density at radius 2 is 0.965 bits per heavy atom. The molecule has 268 valence electrons. The summed E-state index contributed by atoms with van der Waals surface area (Å²) in [6.45, 7) is 0. The van der Waals surface area contributed by atoms with E-state index in [1.54, 1.807) is 0 Å². The Bertz CT molecular complexity index is 3310. The summed E-state index contributed by atoms with van der Waals surface area (Å²) in [5.41, 5.74) is 16.5. The van der Waals surface area contributed by atoms with Crippen LogP contribution in [0.2, 0.25) is 0 Å². The van der Waals surface area contributed by atoms with Gasteiger partial charge in [0.05, 0.1) is 16.6 Å². The van der Waals surface area contributed by atoms with Gasteiger partial charge in [0.2, 0.25) is 0 Å². The maximum Gasteiger partial charge on any atom is 0.138 e. The summed E-state index contributed by atoms with van der Waals surface area (Å²) in [4.78, 5) is 2.36. The fourth-order valence-corrected chi connectivity index (χ4v) is 9.43. The first-order chi connectivity index (χ1) is 28.3. The molecule has 1 aliphatic rings. The first kappa shape index (κ1) is 31.9. The van der Waals surface area contributed by atoms with E-state index in [4.69, 9.17) is 4.42 Å². The third-order valence-electron chi connectivity index (χ3n) is 12.0. The molecule has 0 unspecified atom stereocenters. The highest BCUT2D eigenvalue weighted by atomic mass is 16.3. The summed E-state index contributed by atoms with van der Waals surface area (Å²) in [6, 6.07) is 68.3. The van der Waals surface area contributed by atoms with Gasteiger partial charge >= 0.3 is 0 Å². The van der Waals surface area contributed by atoms with E-state index in [0.29, 0.717) is 0 Å². The number of aryl methyl sites for hydroxylation is 1. The molecule has 0 bridgehead atoms. The molecule has 1 aliphatic carbocycles. The predicted octanol–water partition coefficient (Wildman–Crippen LogP) is 14.8. The molecule has 12 rings (SSSR count). The first-order valence-corrected chi connectivity index (χ1v) is 19.8. The van der Waals surface area contributed by atoms with E-state index in [-0.39, 0.29) is 0 Å². The number of allylic oxidation sites excluding steroid dienone is 1. The molecule has 3 heterocycles. The number of aromatic nitrogens is 1. The summed E-state index contributed by atoms with van der Waals surface area (Å²) < 4.78 is 8.95. The Balaban J connectivity index is 0.965. The van der Waals surface area contributed by atoms with Crippen LogP contribution >= 0.6 is 0 Å². The lowest BCUT2D eigenvalue weighted by molar-refractivity contribution is 0.591. The number of hydrogen-bond acceptors (Lipinski definition) is 2. The Hall–Kier alpha value is -7.36. The number of fused-ring (bicyclic) bond motifs is 9. The second kappa shape index (κ2) is 12.6. The van der Waals surface area contributed by atoms with Crippen LogP contribution in [0.15, 0.2) is 199 Å². The highest BCUT2D eigenvalue weighted by molar-refractivity contribution is 6.25. The minimum atomic E-state index is 0.959. The van der Waals surface area contributed by atoms with Crippen LogP contribution in [0, 0.1) is 0 Å². The molecule has 0 N–H and O–H groups in total. The van der Waals surface area contributed by atoms with Gasteiger partial charge in [-0.05, 0) is 83.6 Å². The minimum absolute atomic E-state index is 0.959. The van der Waals surface area contributed by atoms with Crippen molar-refractivity contribution in [2.24, 2.45) is 0 Å². The van der Waals surface area contributed by atoms with Crippen molar-refractivity contribution in [3.63, 3.8) is 0 Å². The topological polar surface area (TPSA) is 20.8 Å². The number of anilines is 3. The molecule has 0 saturated carbocycles. The largest absolute Gasteiger partial charge is 0.456 e. The fraction of sp³-hybridized carbons (Fsp3) is 0.0370. The summed E-state index contributed by atoms with van der Waals surface area (Å²) in [5, 5.41) is 6.40. The van der Waals surface area contributed by atoms with Crippen molar-refractivity contribution in [2.45, 2.75) is 12.8 Å². The van der Waals surface area contributed by atoms with Gasteiger partial charge in [0, 0.05) is 60.7 Å². The maximum atomic E-state index is 6.47. The normalized spacial score (nSPS) is 12.9. The molecule has 0 saturated heterocycles. The van der Waals surface area contributed by atoms with E-state index in [1.807, 2.05) is 0 Å². The zero-order valence-corrected chi connectivity index (χ0v) is 31.2. The van der Waals surface area contributed by atoms with Crippen LogP contribution in [-0.4, -0.2) is 4.40 Å². The van der Waals surface area contributed by atoms with Gasteiger partial charge in [0.1, 0.15) is 11.3 Å². The molecule has 57 heavy (non-hydrogen) atoms. The van der Waals surface area contributed by atoms with Gasteiger partial charge in [-0.3, -0.25) is 0 Å². The van der Waals surface area contributed by atoms with E-state index in [1.165, 1.54) is 82.4 Å². The van der Waals surface area contributed by atoms with Crippen LogP contribution in [0.25, 0.3) is 76.9 Å². The third kappa shape index (κ3) is 4.92. The smallest absolute Gasteiger partial charge is 0.138 e. The number of nitrogens with zero attached hydrogens (tertiary/aromatic N) is 2. The lowest BCUT2D eigenvalue weighted by Gasteiger charge is -2.26. The summed E-state index contributed by atoms with van der Waals surface area (Å²) >= 11 is 0. The predicted molar refractivity (Wildman–Crippen MR) is 238 cm³/mol. The van der Waals surface area contributed by atoms with Crippen molar-refractivity contribution in [1.29, 1.82) is 0 Å². The maximum absolute atomic E-state index is 6.47. The van der Waals surface area contributed by atoms with Crippen LogP contribution in [0.3, 0.4) is 0 Å². The van der Waals surface area contributed by atoms with Crippen molar-refractivity contribution in [3.8, 4) is 22.3 Å². The highest BCUT2D eigenvalue weighted by Gasteiger charge is 2.23. The molecule has 8 aromatic carbocycles. The van der Waals surface area contributed by atoms with Crippen LogP contribution in [-0.2, 0) is 6.42 Å². The van der Waals surface area contributed by atoms with E-state index >= 15 is 0 Å². The van der Waals surface area contributed by atoms with E-state index in [0.717, 1.165) is 41.2 Å². The van der Waals surface area contributed by atoms with Gasteiger partial charge in [0.15, 0.2) is 0 Å². The average molecular weight is 729 g/mol. The van der Waals surface area contributed by atoms with Crippen LogP contribution in [0.5, 0.6) is 0 Å². The van der Waals surface area contributed by atoms with Crippen molar-refractivity contribution >= 4 is 71.7 Å². The molecular weight excluding hydrogens is 693 g/mol. The average Bonchev–Trinajstić information content (AvgIpc) is 3.95. The second-order valence-electron chi connectivity index (χ2n) is 15.2. The van der Waals surface area contributed by atoms with E-state index < -0.39 is 0 Å². The van der Waals surface area contributed by atoms with E-state index in [9.17, 15) is 0 Å². The van der Waals surface area contributed by atoms with E-state index in [2.05, 4.69) is 203 Å². The van der Waals surface area contributed by atoms with Gasteiger partial charge in [-0.25, -0.2) is 0 Å². The molecule has 0 fully saturated rings.